The molecule has 0 bridgehead atoms. The number of hydrogen-bond donors (Lipinski definition) is 1. The molecule has 2 amide bonds. The summed E-state index contributed by atoms with van der Waals surface area (Å²) in [6.45, 7) is 5.82. The number of amides is 2. The quantitative estimate of drug-likeness (QED) is 0.433. The van der Waals surface area contributed by atoms with Crippen molar-refractivity contribution in [2.45, 2.75) is 57.1 Å². The average molecular weight is 536 g/mol. The van der Waals surface area contributed by atoms with E-state index in [0.717, 1.165) is 5.52 Å². The zero-order valence-electron chi connectivity index (χ0n) is 22.3. The van der Waals surface area contributed by atoms with Gasteiger partial charge in [-0.3, -0.25) is 14.4 Å². The Labute approximate surface area is 226 Å². The summed E-state index contributed by atoms with van der Waals surface area (Å²) in [6.07, 6.45) is 7.60. The number of likely N-dealkylation sites (tertiary alicyclic amines) is 1. The van der Waals surface area contributed by atoms with Crippen LogP contribution < -0.4 is 0 Å². The molecule has 39 heavy (non-hydrogen) atoms. The highest BCUT2D eigenvalue weighted by atomic mass is 16.6. The smallest absolute Gasteiger partial charge is 0.313 e. The number of ether oxygens (including phenoxy) is 2. The van der Waals surface area contributed by atoms with Gasteiger partial charge in [-0.2, -0.15) is 0 Å². The second-order valence-corrected chi connectivity index (χ2v) is 11.1. The Morgan fingerprint density at radius 3 is 2.64 bits per heavy atom. The number of para-hydroxylation sites is 1. The van der Waals surface area contributed by atoms with Crippen LogP contribution in [0.1, 0.15) is 27.2 Å². The summed E-state index contributed by atoms with van der Waals surface area (Å²) in [5.74, 6) is -3.28. The van der Waals surface area contributed by atoms with Gasteiger partial charge in [0, 0.05) is 6.54 Å². The number of benzene rings is 1. The van der Waals surface area contributed by atoms with Crippen LogP contribution >= 0.6 is 0 Å². The van der Waals surface area contributed by atoms with Gasteiger partial charge in [-0.15, -0.1) is 5.10 Å². The number of hydrogen-bond acceptors (Lipinski definition) is 8. The van der Waals surface area contributed by atoms with Crippen molar-refractivity contribution in [2.75, 3.05) is 19.8 Å². The number of esters is 1. The zero-order chi connectivity index (χ0) is 27.5. The van der Waals surface area contributed by atoms with Gasteiger partial charge in [0.2, 0.25) is 5.91 Å². The molecule has 1 N–H and O–H groups in total. The molecule has 2 saturated heterocycles. The molecular weight excluding hydrogens is 502 g/mol. The van der Waals surface area contributed by atoms with Gasteiger partial charge < -0.3 is 24.4 Å². The third-order valence-electron chi connectivity index (χ3n) is 8.76. The molecular formula is C28H33N5O6. The Morgan fingerprint density at radius 1 is 1.10 bits per heavy atom. The fraction of sp³-hybridized carbons (Fsp3) is 0.536. The fourth-order valence-corrected chi connectivity index (χ4v) is 6.87. The van der Waals surface area contributed by atoms with Gasteiger partial charge in [-0.1, -0.05) is 56.3 Å². The highest BCUT2D eigenvalue weighted by Gasteiger charge is 2.76. The summed E-state index contributed by atoms with van der Waals surface area (Å²) in [5.41, 5.74) is -1.01. The van der Waals surface area contributed by atoms with Crippen LogP contribution in [0.25, 0.3) is 11.0 Å². The predicted octanol–water partition coefficient (Wildman–Crippen LogP) is 1.28. The van der Waals surface area contributed by atoms with Crippen molar-refractivity contribution >= 4 is 28.8 Å². The number of cyclic esters (lactones) is 1. The summed E-state index contributed by atoms with van der Waals surface area (Å²) in [5, 5.41) is 18.9. The Hall–Kier alpha value is -3.57. The van der Waals surface area contributed by atoms with Crippen LogP contribution in [0.4, 0.5) is 0 Å². The van der Waals surface area contributed by atoms with Gasteiger partial charge in [-0.05, 0) is 30.5 Å². The van der Waals surface area contributed by atoms with Gasteiger partial charge in [-0.25, -0.2) is 4.68 Å². The van der Waals surface area contributed by atoms with Crippen molar-refractivity contribution in [3.05, 3.63) is 48.6 Å². The van der Waals surface area contributed by atoms with Crippen LogP contribution in [0.2, 0.25) is 0 Å². The summed E-state index contributed by atoms with van der Waals surface area (Å²) < 4.78 is 14.0. The van der Waals surface area contributed by atoms with E-state index in [2.05, 4.69) is 10.3 Å². The molecule has 6 rings (SSSR count). The number of nitrogens with zero attached hydrogens (tertiary/aromatic N) is 5. The molecule has 0 radical (unpaired) electrons. The van der Waals surface area contributed by atoms with Crippen molar-refractivity contribution in [1.82, 2.24) is 24.8 Å². The Balaban J connectivity index is 1.48. The van der Waals surface area contributed by atoms with Gasteiger partial charge in [0.1, 0.15) is 42.0 Å². The van der Waals surface area contributed by atoms with Crippen LogP contribution in [-0.4, -0.2) is 90.7 Å². The highest BCUT2D eigenvalue weighted by molar-refractivity contribution is 5.99. The van der Waals surface area contributed by atoms with Gasteiger partial charge in [0.15, 0.2) is 0 Å². The van der Waals surface area contributed by atoms with E-state index in [9.17, 15) is 19.5 Å². The lowest BCUT2D eigenvalue weighted by molar-refractivity contribution is -0.162. The minimum atomic E-state index is -1.41. The first-order valence-corrected chi connectivity index (χ1v) is 13.5. The SMILES string of the molecule is CC[C@@]12C=CCOC(=O)[C@@H]1[C@H]1C(=O)N([C@@H](CO)C(C)C)C3C(=O)N(Cn4nnc5ccccc54)CC=C[C@@]31O2. The molecule has 0 aliphatic carbocycles. The van der Waals surface area contributed by atoms with E-state index in [1.807, 2.05) is 57.2 Å². The number of aliphatic hydroxyl groups excluding tert-OH is 1. The molecule has 1 aromatic heterocycles. The highest BCUT2D eigenvalue weighted by Crippen LogP contribution is 2.59. The Bertz CT molecular complexity index is 1390. The van der Waals surface area contributed by atoms with Gasteiger partial charge in [0.05, 0.1) is 24.1 Å². The second kappa shape index (κ2) is 9.27. The first-order chi connectivity index (χ1) is 18.8. The normalized spacial score (nSPS) is 32.7. The van der Waals surface area contributed by atoms with Crippen LogP contribution in [0.3, 0.4) is 0 Å². The third-order valence-corrected chi connectivity index (χ3v) is 8.76. The lowest BCUT2D eigenvalue weighted by Crippen LogP contribution is -2.59. The Morgan fingerprint density at radius 2 is 1.90 bits per heavy atom. The summed E-state index contributed by atoms with van der Waals surface area (Å²) in [6, 6.07) is 5.75. The molecule has 2 aromatic rings. The monoisotopic (exact) mass is 535 g/mol. The topological polar surface area (TPSA) is 127 Å². The fourth-order valence-electron chi connectivity index (χ4n) is 6.87. The molecule has 206 valence electrons. The molecule has 11 nitrogen and oxygen atoms in total. The molecule has 11 heteroatoms. The maximum absolute atomic E-state index is 14.5. The number of rotatable bonds is 6. The van der Waals surface area contributed by atoms with Crippen LogP contribution in [0, 0.1) is 17.8 Å². The summed E-state index contributed by atoms with van der Waals surface area (Å²) >= 11 is 0. The minimum Gasteiger partial charge on any atom is -0.461 e. The van der Waals surface area contributed by atoms with Crippen LogP contribution in [0.5, 0.6) is 0 Å². The second-order valence-electron chi connectivity index (χ2n) is 11.1. The lowest BCUT2D eigenvalue weighted by atomic mass is 9.73. The molecule has 1 unspecified atom stereocenters. The number of aromatic nitrogens is 3. The average Bonchev–Trinajstić information content (AvgIpc) is 3.45. The molecule has 0 saturated carbocycles. The van der Waals surface area contributed by atoms with Crippen molar-refractivity contribution in [2.24, 2.45) is 17.8 Å². The number of fused-ring (bicyclic) bond motifs is 3. The van der Waals surface area contributed by atoms with E-state index < -0.39 is 41.1 Å². The molecule has 4 aliphatic heterocycles. The lowest BCUT2D eigenvalue weighted by Gasteiger charge is -2.41. The third kappa shape index (κ3) is 3.59. The van der Waals surface area contributed by atoms with Crippen LogP contribution in [0.15, 0.2) is 48.6 Å². The molecule has 5 heterocycles. The Kier molecular flexibility index (Phi) is 6.11. The van der Waals surface area contributed by atoms with Crippen LogP contribution in [-0.2, 0) is 30.5 Å². The predicted molar refractivity (Wildman–Crippen MR) is 139 cm³/mol. The number of carbonyl (C=O) groups is 3. The maximum atomic E-state index is 14.5. The van der Waals surface area contributed by atoms with E-state index in [1.54, 1.807) is 21.7 Å². The van der Waals surface area contributed by atoms with Crippen molar-refractivity contribution in [3.8, 4) is 0 Å². The zero-order valence-corrected chi connectivity index (χ0v) is 22.3. The molecule has 1 aromatic carbocycles. The van der Waals surface area contributed by atoms with Gasteiger partial charge in [0.25, 0.3) is 5.91 Å². The van der Waals surface area contributed by atoms with Crippen molar-refractivity contribution < 1.29 is 29.0 Å². The maximum Gasteiger partial charge on any atom is 0.313 e. The largest absolute Gasteiger partial charge is 0.461 e. The molecule has 1 spiro atoms. The number of carbonyl (C=O) groups excluding carboxylic acids is 3. The van der Waals surface area contributed by atoms with Crippen molar-refractivity contribution in [1.29, 1.82) is 0 Å². The summed E-state index contributed by atoms with van der Waals surface area (Å²) in [4.78, 5) is 45.3. The number of aliphatic hydroxyl groups is 1. The standard InChI is InChI=1S/C28H33N5O6/c1-4-27-11-8-14-38-26(37)22(27)21-24(35)33(20(15-34)17(2)3)23-25(36)31(13-7-12-28(21,23)39-27)16-32-19-10-6-5-9-18(19)29-30-32/h5-12,17,20-23,34H,4,13-16H2,1-3H3/t20-,21-,22-,23?,27+,28-/m0/s1. The molecule has 4 aliphatic rings. The van der Waals surface area contributed by atoms with Gasteiger partial charge >= 0.3 is 5.97 Å². The summed E-state index contributed by atoms with van der Waals surface area (Å²) in [7, 11) is 0. The first kappa shape index (κ1) is 25.7. The van der Waals surface area contributed by atoms with E-state index in [0.29, 0.717) is 11.9 Å². The minimum absolute atomic E-state index is 0.0984. The van der Waals surface area contributed by atoms with E-state index in [4.69, 9.17) is 9.47 Å². The van der Waals surface area contributed by atoms with Crippen molar-refractivity contribution in [3.63, 3.8) is 0 Å². The van der Waals surface area contributed by atoms with E-state index in [1.165, 1.54) is 4.90 Å². The molecule has 6 atom stereocenters. The van der Waals surface area contributed by atoms with E-state index in [-0.39, 0.29) is 44.2 Å². The first-order valence-electron chi connectivity index (χ1n) is 13.5. The molecule has 2 fully saturated rings. The van der Waals surface area contributed by atoms with E-state index >= 15 is 0 Å².